The van der Waals surface area contributed by atoms with Gasteiger partial charge in [-0.2, -0.15) is 0 Å². The highest BCUT2D eigenvalue weighted by Gasteiger charge is 2.22. The molecule has 5 heterocycles. The number of carbonyl (C=O) groups is 6. The molecule has 0 aliphatic heterocycles. The molecule has 0 unspecified atom stereocenters. The summed E-state index contributed by atoms with van der Waals surface area (Å²) < 4.78 is 0. The van der Waals surface area contributed by atoms with Crippen LogP contribution in [0.1, 0.15) is 51.8 Å². The van der Waals surface area contributed by atoms with Crippen molar-refractivity contribution in [1.82, 2.24) is 29.8 Å². The summed E-state index contributed by atoms with van der Waals surface area (Å²) in [6.07, 6.45) is 18.6. The van der Waals surface area contributed by atoms with E-state index in [1.54, 1.807) is 25.7 Å². The normalized spacial score (nSPS) is 11.7. The zero-order valence-corrected chi connectivity index (χ0v) is 33.9. The number of hydrogen-bond donors (Lipinski definition) is 6. The van der Waals surface area contributed by atoms with Gasteiger partial charge in [0.2, 0.25) is 0 Å². The number of nitrogens with zero attached hydrogens (tertiary/aromatic N) is 9. The molecule has 6 N–H and O–H groups in total. The number of pyridine rings is 5. The first kappa shape index (κ1) is 45.3. The second-order valence-corrected chi connectivity index (χ2v) is 13.9. The maximum Gasteiger partial charge on any atom is 0.337 e. The lowest BCUT2D eigenvalue weighted by atomic mass is 10.2. The average molecular weight is 884 g/mol. The summed E-state index contributed by atoms with van der Waals surface area (Å²) in [6, 6.07) is 6.81. The van der Waals surface area contributed by atoms with Crippen LogP contribution in [0.3, 0.4) is 0 Å². The summed E-state index contributed by atoms with van der Waals surface area (Å²) in [7, 11) is 0. The van der Waals surface area contributed by atoms with Crippen molar-refractivity contribution in [2.75, 3.05) is 54.0 Å². The van der Waals surface area contributed by atoms with Gasteiger partial charge in [0.05, 0.1) is 92.8 Å². The third-order valence-electron chi connectivity index (χ3n) is 9.80. The van der Waals surface area contributed by atoms with Crippen LogP contribution in [-0.2, 0) is 4.79 Å². The van der Waals surface area contributed by atoms with Gasteiger partial charge in [-0.25, -0.2) is 28.8 Å². The van der Waals surface area contributed by atoms with Gasteiger partial charge in [-0.1, -0.05) is 0 Å². The molecule has 0 spiro atoms. The van der Waals surface area contributed by atoms with E-state index in [0.717, 1.165) is 24.8 Å². The summed E-state index contributed by atoms with van der Waals surface area (Å²) >= 11 is 0. The molecule has 21 nitrogen and oxygen atoms in total. The first-order valence-corrected chi connectivity index (χ1v) is 19.2. The molecule has 5 aromatic rings. The van der Waals surface area contributed by atoms with Crippen molar-refractivity contribution in [2.24, 2.45) is 0 Å². The average Bonchev–Trinajstić information content (AvgIpc) is 3.57. The van der Waals surface area contributed by atoms with Crippen LogP contribution in [0.2, 0.25) is 0 Å². The third kappa shape index (κ3) is 11.6. The zero-order chi connectivity index (χ0) is 46.6. The molecule has 0 bridgehead atoms. The van der Waals surface area contributed by atoms with Crippen molar-refractivity contribution in [3.8, 4) is 0 Å². The quantitative estimate of drug-likeness (QED) is 0.0550. The van der Waals surface area contributed by atoms with Crippen molar-refractivity contribution in [2.45, 2.75) is 0 Å². The van der Waals surface area contributed by atoms with Crippen LogP contribution in [-0.4, -0.2) is 136 Å². The summed E-state index contributed by atoms with van der Waals surface area (Å²) in [4.78, 5) is 99.6. The Morgan fingerprint density at radius 2 is 0.738 bits per heavy atom. The Labute approximate surface area is 368 Å². The number of hydrogen-bond acceptors (Lipinski definition) is 15. The molecule has 0 saturated heterocycles. The molecule has 65 heavy (non-hydrogen) atoms. The minimum atomic E-state index is -1.26. The standard InChI is InChI=1S/C44H37N9O12/c54-39(55)27-3-1-2-4-33(11-27)50(7-9-52(35-13-29(41(58)59)18-46-23-35)36-14-30(42(60)61)19-47-24-36)5-6-51(34-12-28(40(56)57)17-45-22-34)8-10-53(37-15-31(43(62)63)20-48-25-37)38-16-32(44(64)65)21-49-26-38/h2-4,11-26H,5-10H2,(H,54,55)(H,56,57)(H,58,59)(H,60,61)(H,62,63)(H,64,65). The van der Waals surface area contributed by atoms with Crippen LogP contribution < -0.4 is 14.7 Å². The van der Waals surface area contributed by atoms with Crippen LogP contribution >= 0.6 is 0 Å². The fourth-order valence-corrected chi connectivity index (χ4v) is 6.57. The van der Waals surface area contributed by atoms with E-state index in [2.05, 4.69) is 30.7 Å². The first-order chi connectivity index (χ1) is 31.2. The molecular weight excluding hydrogens is 847 g/mol. The number of aromatic nitrogens is 5. The van der Waals surface area contributed by atoms with Gasteiger partial charge in [-0.3, -0.25) is 24.9 Å². The Morgan fingerprint density at radius 3 is 1.11 bits per heavy atom. The molecular formula is C44H37N9O12. The van der Waals surface area contributed by atoms with Gasteiger partial charge < -0.3 is 50.2 Å². The molecule has 5 aromatic heterocycles. The van der Waals surface area contributed by atoms with E-state index in [1.165, 1.54) is 85.7 Å². The number of aromatic carboxylic acids is 5. The smallest absolute Gasteiger partial charge is 0.337 e. The lowest BCUT2D eigenvalue weighted by Gasteiger charge is -2.34. The van der Waals surface area contributed by atoms with Crippen LogP contribution in [0.25, 0.3) is 0 Å². The topological polar surface area (TPSA) is 301 Å². The summed E-state index contributed by atoms with van der Waals surface area (Å²) in [5, 5.41) is 59.0. The molecule has 1 aliphatic carbocycles. The highest BCUT2D eigenvalue weighted by atomic mass is 16.4. The Balaban J connectivity index is 1.40. The van der Waals surface area contributed by atoms with Gasteiger partial charge in [0, 0.05) is 75.9 Å². The van der Waals surface area contributed by atoms with E-state index < -0.39 is 35.8 Å². The van der Waals surface area contributed by atoms with Gasteiger partial charge in [0.15, 0.2) is 0 Å². The van der Waals surface area contributed by atoms with Crippen molar-refractivity contribution < 1.29 is 59.4 Å². The molecule has 0 atom stereocenters. The Hall–Kier alpha value is -9.23. The molecule has 0 radical (unpaired) electrons. The Morgan fingerprint density at radius 1 is 0.415 bits per heavy atom. The van der Waals surface area contributed by atoms with Crippen molar-refractivity contribution in [3.05, 3.63) is 161 Å². The minimum Gasteiger partial charge on any atom is -0.478 e. The minimum absolute atomic E-state index is 0.0127. The second-order valence-electron chi connectivity index (χ2n) is 13.9. The highest BCUT2D eigenvalue weighted by molar-refractivity contribution is 5.92. The van der Waals surface area contributed by atoms with Gasteiger partial charge >= 0.3 is 35.8 Å². The van der Waals surface area contributed by atoms with Gasteiger partial charge in [-0.05, 0) is 54.6 Å². The van der Waals surface area contributed by atoms with Crippen molar-refractivity contribution in [3.63, 3.8) is 0 Å². The monoisotopic (exact) mass is 883 g/mol. The van der Waals surface area contributed by atoms with Crippen LogP contribution in [0.15, 0.2) is 134 Å². The van der Waals surface area contributed by atoms with Crippen LogP contribution in [0, 0.1) is 0 Å². The molecule has 21 heteroatoms. The number of aliphatic carboxylic acids is 1. The largest absolute Gasteiger partial charge is 0.478 e. The lowest BCUT2D eigenvalue weighted by Crippen LogP contribution is -2.41. The Kier molecular flexibility index (Phi) is 14.3. The number of carboxylic acids is 6. The lowest BCUT2D eigenvalue weighted by molar-refractivity contribution is -0.132. The van der Waals surface area contributed by atoms with Gasteiger partial charge in [-0.15, -0.1) is 5.73 Å². The van der Waals surface area contributed by atoms with Crippen molar-refractivity contribution in [1.29, 1.82) is 0 Å². The van der Waals surface area contributed by atoms with E-state index >= 15 is 0 Å². The maximum absolute atomic E-state index is 12.3. The van der Waals surface area contributed by atoms with E-state index in [0.29, 0.717) is 11.4 Å². The molecule has 0 amide bonds. The molecule has 330 valence electrons. The predicted octanol–water partition coefficient (Wildman–Crippen LogP) is 4.56. The van der Waals surface area contributed by atoms with Gasteiger partial charge in [0.1, 0.15) is 0 Å². The van der Waals surface area contributed by atoms with E-state index in [-0.39, 0.29) is 95.4 Å². The summed E-state index contributed by atoms with van der Waals surface area (Å²) in [5.74, 6) is -7.54. The predicted molar refractivity (Wildman–Crippen MR) is 230 cm³/mol. The molecule has 1 aliphatic rings. The SMILES string of the molecule is O=C(O)C1=CC(N(CCN(CCN(c2cncc(C(=O)O)c2)c2cncc(C(=O)O)c2)c2cncc(C(=O)O)c2)CCN(c2cncc(C(=O)O)c2)c2cncc(C(=O)O)c2)=CC=C=C1. The number of carboxylic acid groups (broad SMARTS) is 6. The summed E-state index contributed by atoms with van der Waals surface area (Å²) in [6.45, 7) is 0.309. The first-order valence-electron chi connectivity index (χ1n) is 19.2. The molecule has 0 aromatic carbocycles. The van der Waals surface area contributed by atoms with Crippen LogP contribution in [0.4, 0.5) is 28.4 Å². The van der Waals surface area contributed by atoms with Crippen molar-refractivity contribution >= 4 is 64.3 Å². The number of rotatable bonds is 21. The van der Waals surface area contributed by atoms with E-state index in [1.807, 2.05) is 0 Å². The summed E-state index contributed by atoms with van der Waals surface area (Å²) in [5.41, 5.74) is 3.76. The Bertz CT molecular complexity index is 2690. The fourth-order valence-electron chi connectivity index (χ4n) is 6.57. The second kappa shape index (κ2) is 20.6. The van der Waals surface area contributed by atoms with Gasteiger partial charge in [0.25, 0.3) is 0 Å². The zero-order valence-electron chi connectivity index (χ0n) is 33.9. The number of allylic oxidation sites excluding steroid dienone is 2. The number of anilines is 5. The van der Waals surface area contributed by atoms with Crippen LogP contribution in [0.5, 0.6) is 0 Å². The molecule has 0 saturated carbocycles. The van der Waals surface area contributed by atoms with E-state index in [4.69, 9.17) is 0 Å². The molecule has 6 rings (SSSR count). The fraction of sp³-hybridized carbons (Fsp3) is 0.136. The maximum atomic E-state index is 12.3. The highest BCUT2D eigenvalue weighted by Crippen LogP contribution is 2.29. The third-order valence-corrected chi connectivity index (χ3v) is 9.80. The van der Waals surface area contributed by atoms with E-state index in [9.17, 15) is 59.4 Å². The molecule has 0 fully saturated rings.